The molecule has 0 aromatic heterocycles. The summed E-state index contributed by atoms with van der Waals surface area (Å²) >= 11 is 0. The zero-order chi connectivity index (χ0) is 19.4. The number of amides is 1. The van der Waals surface area contributed by atoms with Gasteiger partial charge in [-0.05, 0) is 63.5 Å². The number of carbonyl (C=O) groups is 2. The van der Waals surface area contributed by atoms with Crippen molar-refractivity contribution >= 4 is 17.4 Å². The third kappa shape index (κ3) is 5.01. The molecule has 0 bridgehead atoms. The lowest BCUT2D eigenvalue weighted by Crippen LogP contribution is -2.40. The minimum Gasteiger partial charge on any atom is -0.325 e. The van der Waals surface area contributed by atoms with E-state index in [9.17, 15) is 14.0 Å². The van der Waals surface area contributed by atoms with Crippen molar-refractivity contribution in [2.24, 2.45) is 5.92 Å². The summed E-state index contributed by atoms with van der Waals surface area (Å²) in [6.07, 6.45) is 1.50. The van der Waals surface area contributed by atoms with E-state index in [2.05, 4.69) is 5.32 Å². The van der Waals surface area contributed by atoms with E-state index in [0.29, 0.717) is 18.8 Å². The summed E-state index contributed by atoms with van der Waals surface area (Å²) in [5, 5.41) is 2.72. The number of nitrogens with one attached hydrogen (secondary N) is 1. The Balaban J connectivity index is 1.51. The van der Waals surface area contributed by atoms with Gasteiger partial charge < -0.3 is 5.32 Å². The van der Waals surface area contributed by atoms with Gasteiger partial charge in [0.2, 0.25) is 5.91 Å². The molecule has 2 aromatic rings. The molecule has 1 aliphatic rings. The Morgan fingerprint density at radius 2 is 1.85 bits per heavy atom. The first-order valence-corrected chi connectivity index (χ1v) is 9.31. The summed E-state index contributed by atoms with van der Waals surface area (Å²) in [5.74, 6) is -0.330. The molecule has 2 aromatic carbocycles. The molecule has 1 amide bonds. The Morgan fingerprint density at radius 3 is 2.52 bits per heavy atom. The van der Waals surface area contributed by atoms with Crippen molar-refractivity contribution < 1.29 is 14.0 Å². The van der Waals surface area contributed by atoms with E-state index >= 15 is 0 Å². The molecular weight excluding hydrogens is 343 g/mol. The van der Waals surface area contributed by atoms with Gasteiger partial charge in [0.1, 0.15) is 5.82 Å². The van der Waals surface area contributed by atoms with Crippen LogP contribution in [0.3, 0.4) is 0 Å². The molecule has 27 heavy (non-hydrogen) atoms. The summed E-state index contributed by atoms with van der Waals surface area (Å²) in [6, 6.07) is 11.8. The molecule has 0 radical (unpaired) electrons. The van der Waals surface area contributed by atoms with Crippen LogP contribution in [0.5, 0.6) is 0 Å². The van der Waals surface area contributed by atoms with Crippen molar-refractivity contribution in [3.05, 3.63) is 65.0 Å². The first-order valence-electron chi connectivity index (χ1n) is 9.31. The van der Waals surface area contributed by atoms with Crippen molar-refractivity contribution in [3.63, 3.8) is 0 Å². The average Bonchev–Trinajstić information content (AvgIpc) is 2.62. The van der Waals surface area contributed by atoms with Crippen molar-refractivity contribution in [2.75, 3.05) is 25.0 Å². The number of carbonyl (C=O) groups excluding carboxylic acids is 2. The summed E-state index contributed by atoms with van der Waals surface area (Å²) < 4.78 is 13.2. The van der Waals surface area contributed by atoms with Gasteiger partial charge in [-0.25, -0.2) is 4.39 Å². The maximum Gasteiger partial charge on any atom is 0.238 e. The molecule has 4 nitrogen and oxygen atoms in total. The van der Waals surface area contributed by atoms with Crippen LogP contribution in [0.15, 0.2) is 42.5 Å². The predicted molar refractivity (Wildman–Crippen MR) is 104 cm³/mol. The molecule has 3 rings (SSSR count). The van der Waals surface area contributed by atoms with Gasteiger partial charge in [0.15, 0.2) is 5.78 Å². The summed E-state index contributed by atoms with van der Waals surface area (Å²) in [7, 11) is 0. The summed E-state index contributed by atoms with van der Waals surface area (Å²) in [5.41, 5.74) is 3.45. The molecule has 0 spiro atoms. The Bertz CT molecular complexity index is 842. The first kappa shape index (κ1) is 19.2. The van der Waals surface area contributed by atoms with E-state index in [1.165, 1.54) is 12.1 Å². The van der Waals surface area contributed by atoms with Crippen molar-refractivity contribution in [3.8, 4) is 0 Å². The van der Waals surface area contributed by atoms with Crippen LogP contribution < -0.4 is 5.32 Å². The fourth-order valence-corrected chi connectivity index (χ4v) is 3.63. The molecule has 0 atom stereocenters. The molecule has 1 aliphatic heterocycles. The third-order valence-electron chi connectivity index (χ3n) is 5.08. The Morgan fingerprint density at radius 1 is 1.11 bits per heavy atom. The topological polar surface area (TPSA) is 49.4 Å². The number of nitrogens with zero attached hydrogens (tertiary/aromatic N) is 1. The molecule has 0 aliphatic carbocycles. The second-order valence-corrected chi connectivity index (χ2v) is 7.29. The Kier molecular flexibility index (Phi) is 6.01. The van der Waals surface area contributed by atoms with Crippen LogP contribution >= 0.6 is 0 Å². The molecule has 5 heteroatoms. The van der Waals surface area contributed by atoms with Gasteiger partial charge in [0.25, 0.3) is 0 Å². The highest BCUT2D eigenvalue weighted by molar-refractivity contribution is 5.99. The number of hydrogen-bond donors (Lipinski definition) is 1. The zero-order valence-electron chi connectivity index (χ0n) is 15.8. The number of ketones is 1. The number of aryl methyl sites for hydroxylation is 2. The van der Waals surface area contributed by atoms with Crippen LogP contribution in [0.25, 0.3) is 0 Å². The monoisotopic (exact) mass is 368 g/mol. The predicted octanol–water partition coefficient (Wildman–Crippen LogP) is 3.98. The number of piperidine rings is 1. The van der Waals surface area contributed by atoms with E-state index in [-0.39, 0.29) is 30.0 Å². The van der Waals surface area contributed by atoms with Gasteiger partial charge >= 0.3 is 0 Å². The van der Waals surface area contributed by atoms with Crippen LogP contribution in [-0.4, -0.2) is 36.2 Å². The van der Waals surface area contributed by atoms with Crippen molar-refractivity contribution in [2.45, 2.75) is 26.7 Å². The quantitative estimate of drug-likeness (QED) is 0.813. The molecule has 0 saturated carbocycles. The van der Waals surface area contributed by atoms with Crippen molar-refractivity contribution in [1.29, 1.82) is 0 Å². The van der Waals surface area contributed by atoms with E-state index in [1.54, 1.807) is 12.1 Å². The first-order chi connectivity index (χ1) is 12.9. The minimum absolute atomic E-state index is 0.00827. The van der Waals surface area contributed by atoms with Gasteiger partial charge in [-0.3, -0.25) is 14.5 Å². The van der Waals surface area contributed by atoms with Crippen LogP contribution in [0.2, 0.25) is 0 Å². The summed E-state index contributed by atoms with van der Waals surface area (Å²) in [6.45, 7) is 5.66. The highest BCUT2D eigenvalue weighted by Crippen LogP contribution is 2.24. The molecule has 1 heterocycles. The van der Waals surface area contributed by atoms with Crippen LogP contribution in [0.4, 0.5) is 10.1 Å². The SMILES string of the molecule is Cc1ccc(C(=O)C2CCN(CC(=O)Nc3cccc(F)c3)CC2)c(C)c1. The van der Waals surface area contributed by atoms with Crippen LogP contribution in [0.1, 0.15) is 34.3 Å². The van der Waals surface area contributed by atoms with E-state index in [0.717, 1.165) is 29.5 Å². The van der Waals surface area contributed by atoms with Gasteiger partial charge in [-0.15, -0.1) is 0 Å². The fraction of sp³-hybridized carbons (Fsp3) is 0.364. The highest BCUT2D eigenvalue weighted by atomic mass is 19.1. The fourth-order valence-electron chi connectivity index (χ4n) is 3.63. The number of halogens is 1. The van der Waals surface area contributed by atoms with Crippen LogP contribution in [-0.2, 0) is 4.79 Å². The number of Topliss-reactive ketones (excluding diaryl/α,β-unsaturated/α-hetero) is 1. The molecule has 142 valence electrons. The Labute approximate surface area is 159 Å². The number of likely N-dealkylation sites (tertiary alicyclic amines) is 1. The van der Waals surface area contributed by atoms with Gasteiger partial charge in [-0.2, -0.15) is 0 Å². The smallest absolute Gasteiger partial charge is 0.238 e. The lowest BCUT2D eigenvalue weighted by atomic mass is 9.87. The molecule has 0 unspecified atom stereocenters. The summed E-state index contributed by atoms with van der Waals surface area (Å²) in [4.78, 5) is 27.0. The zero-order valence-corrected chi connectivity index (χ0v) is 15.8. The standard InChI is InChI=1S/C22H25FN2O2/c1-15-6-7-20(16(2)12-15)22(27)17-8-10-25(11-9-17)14-21(26)24-19-5-3-4-18(23)13-19/h3-7,12-13,17H,8-11,14H2,1-2H3,(H,24,26). The highest BCUT2D eigenvalue weighted by Gasteiger charge is 2.27. The Hall–Kier alpha value is -2.53. The second-order valence-electron chi connectivity index (χ2n) is 7.29. The lowest BCUT2D eigenvalue weighted by Gasteiger charge is -2.31. The van der Waals surface area contributed by atoms with E-state index < -0.39 is 0 Å². The lowest BCUT2D eigenvalue weighted by molar-refractivity contribution is -0.117. The molecule has 1 fully saturated rings. The largest absolute Gasteiger partial charge is 0.325 e. The molecule has 1 N–H and O–H groups in total. The number of rotatable bonds is 5. The molecular formula is C22H25FN2O2. The molecule has 1 saturated heterocycles. The van der Waals surface area contributed by atoms with Gasteiger partial charge in [0, 0.05) is 17.2 Å². The normalized spacial score (nSPS) is 15.5. The van der Waals surface area contributed by atoms with Crippen LogP contribution in [0, 0.1) is 25.6 Å². The third-order valence-corrected chi connectivity index (χ3v) is 5.08. The van der Waals surface area contributed by atoms with E-state index in [4.69, 9.17) is 0 Å². The van der Waals surface area contributed by atoms with Gasteiger partial charge in [-0.1, -0.05) is 29.8 Å². The maximum atomic E-state index is 13.2. The van der Waals surface area contributed by atoms with E-state index in [1.807, 2.05) is 36.9 Å². The van der Waals surface area contributed by atoms with Crippen molar-refractivity contribution in [1.82, 2.24) is 4.90 Å². The second kappa shape index (κ2) is 8.44. The number of hydrogen-bond acceptors (Lipinski definition) is 3. The number of benzene rings is 2. The maximum absolute atomic E-state index is 13.2. The average molecular weight is 368 g/mol. The minimum atomic E-state index is -0.376. The number of anilines is 1. The van der Waals surface area contributed by atoms with Gasteiger partial charge in [0.05, 0.1) is 6.54 Å².